The van der Waals surface area contributed by atoms with Crippen LogP contribution in [0.1, 0.15) is 0 Å². The van der Waals surface area contributed by atoms with Crippen molar-refractivity contribution in [1.82, 2.24) is 4.57 Å². The molecule has 0 radical (unpaired) electrons. The Morgan fingerprint density at radius 1 is 0.192 bits per heavy atom. The number of furan rings is 2. The highest BCUT2D eigenvalue weighted by Crippen LogP contribution is 2.49. The monoisotopic (exact) mass is 1260 g/mol. The smallest absolute Gasteiger partial charge is 0.143 e. The van der Waals surface area contributed by atoms with Gasteiger partial charge >= 0.3 is 0 Å². The fourth-order valence-electron chi connectivity index (χ4n) is 16.2. The van der Waals surface area contributed by atoms with Crippen LogP contribution in [0, 0.1) is 0 Å². The molecule has 0 saturated heterocycles. The quantitative estimate of drug-likeness (QED) is 0.149. The van der Waals surface area contributed by atoms with Gasteiger partial charge < -0.3 is 13.4 Å². The molecule has 21 aromatic rings. The molecular weight excluding hydrogens is 1200 g/mol. The van der Waals surface area contributed by atoms with Crippen molar-refractivity contribution in [2.45, 2.75) is 0 Å². The zero-order valence-electron chi connectivity index (χ0n) is 53.8. The van der Waals surface area contributed by atoms with Crippen LogP contribution in [0.3, 0.4) is 0 Å². The Bertz CT molecular complexity index is 6730. The SMILES string of the molecule is c1ccc(-c2ccc3oc4ccc(-c5c6ccccc6c(-c6ccc7ccccc7c6)c6ccccc56)cc4c3c2)cc1.c1ccc(-n2c3ccccc3c3c(-c4cccc5c4oc4ccc(-c6c7ccccc7c(-c7ccc8ccccc8c7)c7ccccc67)cc45)cccc32)cc1. The fraction of sp³-hybridized carbons (Fsp3) is 0. The number of hydrogen-bond donors (Lipinski definition) is 0. The number of para-hydroxylation sites is 3. The van der Waals surface area contributed by atoms with Crippen LogP contribution in [-0.4, -0.2) is 4.57 Å². The lowest BCUT2D eigenvalue weighted by Gasteiger charge is -2.18. The molecule has 3 heteroatoms. The molecule has 0 saturated carbocycles. The Morgan fingerprint density at radius 3 is 1.06 bits per heavy atom. The van der Waals surface area contributed by atoms with Crippen LogP contribution in [0.2, 0.25) is 0 Å². The van der Waals surface area contributed by atoms with Gasteiger partial charge in [0, 0.05) is 43.6 Å². The summed E-state index contributed by atoms with van der Waals surface area (Å²) in [5.74, 6) is 0. The third kappa shape index (κ3) is 9.13. The Balaban J connectivity index is 0.000000139. The van der Waals surface area contributed by atoms with E-state index in [-0.39, 0.29) is 0 Å². The maximum absolute atomic E-state index is 6.86. The van der Waals surface area contributed by atoms with Crippen LogP contribution in [-0.2, 0) is 0 Å². The van der Waals surface area contributed by atoms with E-state index in [1.165, 1.54) is 148 Å². The Kier molecular flexibility index (Phi) is 13.0. The van der Waals surface area contributed by atoms with Gasteiger partial charge in [0.1, 0.15) is 22.3 Å². The van der Waals surface area contributed by atoms with Gasteiger partial charge in [-0.25, -0.2) is 0 Å². The highest BCUT2D eigenvalue weighted by atomic mass is 16.3. The molecule has 0 bridgehead atoms. The molecule has 460 valence electrons. The van der Waals surface area contributed by atoms with Gasteiger partial charge in [0.25, 0.3) is 0 Å². The summed E-state index contributed by atoms with van der Waals surface area (Å²) in [6.07, 6.45) is 0. The van der Waals surface area contributed by atoms with Crippen molar-refractivity contribution >= 4 is 130 Å². The van der Waals surface area contributed by atoms with Crippen LogP contribution in [0.4, 0.5) is 0 Å². The molecule has 99 heavy (non-hydrogen) atoms. The fourth-order valence-corrected chi connectivity index (χ4v) is 16.2. The Hall–Kier alpha value is -13.1. The molecule has 3 heterocycles. The van der Waals surface area contributed by atoms with Gasteiger partial charge in [-0.3, -0.25) is 0 Å². The van der Waals surface area contributed by atoms with Crippen molar-refractivity contribution in [2.24, 2.45) is 0 Å². The van der Waals surface area contributed by atoms with Gasteiger partial charge in [-0.2, -0.15) is 0 Å². The minimum absolute atomic E-state index is 0.886. The number of fused-ring (bicyclic) bond motifs is 15. The second-order valence-corrected chi connectivity index (χ2v) is 26.1. The van der Waals surface area contributed by atoms with E-state index in [9.17, 15) is 0 Å². The van der Waals surface area contributed by atoms with E-state index in [0.717, 1.165) is 55.1 Å². The van der Waals surface area contributed by atoms with E-state index in [4.69, 9.17) is 8.83 Å². The first-order valence-electron chi connectivity index (χ1n) is 34.0. The highest BCUT2D eigenvalue weighted by molar-refractivity contribution is 6.25. The van der Waals surface area contributed by atoms with Crippen molar-refractivity contribution in [3.63, 3.8) is 0 Å². The van der Waals surface area contributed by atoms with Crippen molar-refractivity contribution in [2.75, 3.05) is 0 Å². The molecule has 0 N–H and O–H groups in total. The zero-order chi connectivity index (χ0) is 65.1. The van der Waals surface area contributed by atoms with E-state index < -0.39 is 0 Å². The van der Waals surface area contributed by atoms with Crippen LogP contribution in [0.25, 0.3) is 203 Å². The molecule has 0 aliphatic carbocycles. The summed E-state index contributed by atoms with van der Waals surface area (Å²) < 4.78 is 15.6. The van der Waals surface area contributed by atoms with Gasteiger partial charge in [0.15, 0.2) is 0 Å². The molecule has 21 rings (SSSR count). The van der Waals surface area contributed by atoms with E-state index in [2.05, 4.69) is 362 Å². The first kappa shape index (κ1) is 56.3. The summed E-state index contributed by atoms with van der Waals surface area (Å²) >= 11 is 0. The molecule has 0 amide bonds. The Labute approximate surface area is 570 Å². The molecule has 0 fully saturated rings. The normalized spacial score (nSPS) is 11.8. The third-order valence-electron chi connectivity index (χ3n) is 20.6. The average molecular weight is 1260 g/mol. The van der Waals surface area contributed by atoms with Crippen LogP contribution in [0.5, 0.6) is 0 Å². The summed E-state index contributed by atoms with van der Waals surface area (Å²) in [5, 5.41) is 22.0. The van der Waals surface area contributed by atoms with E-state index in [0.29, 0.717) is 0 Å². The number of rotatable bonds is 7. The molecule has 18 aromatic carbocycles. The first-order valence-corrected chi connectivity index (χ1v) is 34.0. The van der Waals surface area contributed by atoms with E-state index in [1.807, 2.05) is 0 Å². The number of benzene rings is 18. The summed E-state index contributed by atoms with van der Waals surface area (Å²) in [6, 6.07) is 129. The molecular formula is C96H59NO2. The summed E-state index contributed by atoms with van der Waals surface area (Å²) in [4.78, 5) is 0. The number of aromatic nitrogens is 1. The predicted molar refractivity (Wildman–Crippen MR) is 419 cm³/mol. The topological polar surface area (TPSA) is 31.2 Å². The van der Waals surface area contributed by atoms with E-state index in [1.54, 1.807) is 0 Å². The minimum atomic E-state index is 0.886. The van der Waals surface area contributed by atoms with Crippen LogP contribution >= 0.6 is 0 Å². The van der Waals surface area contributed by atoms with Crippen LogP contribution < -0.4 is 0 Å². The van der Waals surface area contributed by atoms with Crippen LogP contribution in [0.15, 0.2) is 367 Å². The van der Waals surface area contributed by atoms with E-state index >= 15 is 0 Å². The molecule has 3 nitrogen and oxygen atoms in total. The van der Waals surface area contributed by atoms with Gasteiger partial charge in [0.05, 0.1) is 11.0 Å². The summed E-state index contributed by atoms with van der Waals surface area (Å²) in [5.41, 5.74) is 21.7. The molecule has 3 aromatic heterocycles. The molecule has 0 aliphatic rings. The largest absolute Gasteiger partial charge is 0.456 e. The Morgan fingerprint density at radius 2 is 0.545 bits per heavy atom. The van der Waals surface area contributed by atoms with Gasteiger partial charge in [0.2, 0.25) is 0 Å². The first-order chi connectivity index (χ1) is 49.1. The standard InChI is InChI=1S/C54H33NO.C42H26O/c1-2-16-38(17-3-1)55-48-26-11-10-22-46(48)53-43(23-13-27-49(53)55)44-24-12-25-45-47-33-37(30-31-50(47)56-54(44)45)52-41-20-8-6-18-39(41)51(40-19-7-9-21-42(40)52)36-29-28-34-14-4-5-15-35(34)32-36;1-2-10-27(11-3-1)30-20-22-39-37(25-30)38-26-32(21-23-40(38)43-39)42-35-16-8-6-14-33(35)41(34-15-7-9-17-36(34)42)31-19-18-28-12-4-5-13-29(28)24-31/h1-33H;1-26H. The average Bonchev–Trinajstić information content (AvgIpc) is 1.16. The lowest BCUT2D eigenvalue weighted by molar-refractivity contribution is 0.669. The second kappa shape index (κ2) is 22.8. The number of nitrogens with zero attached hydrogens (tertiary/aromatic N) is 1. The molecule has 0 spiro atoms. The van der Waals surface area contributed by atoms with Gasteiger partial charge in [-0.15, -0.1) is 0 Å². The maximum atomic E-state index is 6.86. The third-order valence-corrected chi connectivity index (χ3v) is 20.6. The molecule has 0 aliphatic heterocycles. The lowest BCUT2D eigenvalue weighted by Crippen LogP contribution is -1.92. The summed E-state index contributed by atoms with van der Waals surface area (Å²) in [6.45, 7) is 0. The van der Waals surface area contributed by atoms with Crippen molar-refractivity contribution in [1.29, 1.82) is 0 Å². The van der Waals surface area contributed by atoms with Gasteiger partial charge in [-0.1, -0.05) is 285 Å². The lowest BCUT2D eigenvalue weighted by atomic mass is 9.85. The predicted octanol–water partition coefficient (Wildman–Crippen LogP) is 27.2. The second-order valence-electron chi connectivity index (χ2n) is 26.1. The van der Waals surface area contributed by atoms with Crippen molar-refractivity contribution in [3.05, 3.63) is 358 Å². The molecule has 0 unspecified atom stereocenters. The number of hydrogen-bond acceptors (Lipinski definition) is 2. The van der Waals surface area contributed by atoms with Crippen molar-refractivity contribution in [3.8, 4) is 72.4 Å². The maximum Gasteiger partial charge on any atom is 0.143 e. The van der Waals surface area contributed by atoms with Crippen molar-refractivity contribution < 1.29 is 8.83 Å². The van der Waals surface area contributed by atoms with Gasteiger partial charge in [-0.05, 0) is 199 Å². The zero-order valence-corrected chi connectivity index (χ0v) is 53.8. The highest BCUT2D eigenvalue weighted by Gasteiger charge is 2.23. The molecule has 0 atom stereocenters. The minimum Gasteiger partial charge on any atom is -0.456 e. The summed E-state index contributed by atoms with van der Waals surface area (Å²) in [7, 11) is 0.